The van der Waals surface area contributed by atoms with E-state index >= 15 is 0 Å². The van der Waals surface area contributed by atoms with Crippen LogP contribution in [0.25, 0.3) is 82.8 Å². The lowest BCUT2D eigenvalue weighted by molar-refractivity contribution is 0.749. The normalized spacial score (nSPS) is 15.5. The molecule has 4 aliphatic rings. The van der Waals surface area contributed by atoms with E-state index in [1.165, 1.54) is 127 Å². The van der Waals surface area contributed by atoms with Crippen molar-refractivity contribution in [2.24, 2.45) is 0 Å². The molecule has 0 saturated heterocycles. The van der Waals surface area contributed by atoms with Gasteiger partial charge in [-0.2, -0.15) is 0 Å². The predicted molar refractivity (Wildman–Crippen MR) is 306 cm³/mol. The molecule has 342 valence electrons. The van der Waals surface area contributed by atoms with E-state index in [9.17, 15) is 0 Å². The maximum Gasteiger partial charge on any atom is 0.0754 e. The van der Waals surface area contributed by atoms with Gasteiger partial charge in [-0.3, -0.25) is 0 Å². The fourth-order valence-corrected chi connectivity index (χ4v) is 14.8. The van der Waals surface area contributed by atoms with E-state index in [0.29, 0.717) is 0 Å². The molecule has 2 heterocycles. The number of hydrogen-bond donors (Lipinski definition) is 0. The van der Waals surface area contributed by atoms with Crippen LogP contribution in [0.15, 0.2) is 267 Å². The second-order valence-corrected chi connectivity index (χ2v) is 20.6. The van der Waals surface area contributed by atoms with Crippen LogP contribution < -0.4 is 4.90 Å². The van der Waals surface area contributed by atoms with E-state index in [1.54, 1.807) is 0 Å². The summed E-state index contributed by atoms with van der Waals surface area (Å²) in [6, 6.07) is 101. The summed E-state index contributed by atoms with van der Waals surface area (Å²) in [6.45, 7) is 0. The minimum Gasteiger partial charge on any atom is -0.309 e. The van der Waals surface area contributed by atoms with Crippen LogP contribution in [-0.2, 0) is 10.8 Å². The van der Waals surface area contributed by atoms with Gasteiger partial charge in [0.15, 0.2) is 0 Å². The van der Waals surface area contributed by atoms with Gasteiger partial charge >= 0.3 is 0 Å². The minimum absolute atomic E-state index is 0.449. The zero-order valence-corrected chi connectivity index (χ0v) is 40.3. The quantitative estimate of drug-likeness (QED) is 0.171. The third-order valence-electron chi connectivity index (χ3n) is 17.4. The first kappa shape index (κ1) is 40.1. The standard InChI is InChI=1S/C72H44N2/c1-2-20-46(21-3-1)73(68-39-19-35-62-69(68)56-28-9-14-33-60(56)71(62)57-30-11-6-23-49(57)50-24-7-12-31-58(50)71)66-43-42-47(48-22-4-5-26-53(48)66)45-40-41-52-51-25-8-13-32-59(51)72(64(52)44-45)61-34-15-17-38-67(61)74-65-37-16-10-27-54(65)55-29-18-36-63(72)70(55)74/h1-44H. The van der Waals surface area contributed by atoms with Crippen molar-refractivity contribution in [1.29, 1.82) is 0 Å². The Hall–Kier alpha value is -9.50. The first-order valence-corrected chi connectivity index (χ1v) is 25.9. The SMILES string of the molecule is c1ccc(N(c2cccc3c2-c2ccccc2C32c3ccccc3-c3ccccc32)c2ccc(-c3ccc4c(c3)C3(c5ccccc5-4)c4ccccc4-n4c5ccccc5c5cccc3c54)c3ccccc23)cc1. The minimum atomic E-state index is -0.538. The second kappa shape index (κ2) is 14.6. The van der Waals surface area contributed by atoms with Crippen molar-refractivity contribution < 1.29 is 0 Å². The average Bonchev–Trinajstić information content (AvgIpc) is 4.25. The molecule has 1 atom stereocenters. The second-order valence-electron chi connectivity index (χ2n) is 20.6. The summed E-state index contributed by atoms with van der Waals surface area (Å²) >= 11 is 0. The van der Waals surface area contributed by atoms with Crippen LogP contribution in [0, 0.1) is 0 Å². The maximum atomic E-state index is 2.54. The molecule has 0 fully saturated rings. The Labute approximate surface area is 429 Å². The van der Waals surface area contributed by atoms with E-state index in [4.69, 9.17) is 0 Å². The molecule has 0 saturated carbocycles. The highest BCUT2D eigenvalue weighted by molar-refractivity contribution is 6.14. The highest BCUT2D eigenvalue weighted by Gasteiger charge is 2.53. The van der Waals surface area contributed by atoms with Crippen molar-refractivity contribution >= 4 is 49.6 Å². The lowest BCUT2D eigenvalue weighted by Crippen LogP contribution is -2.33. The zero-order valence-electron chi connectivity index (χ0n) is 40.3. The van der Waals surface area contributed by atoms with Gasteiger partial charge in [0.05, 0.1) is 38.9 Å². The summed E-state index contributed by atoms with van der Waals surface area (Å²) in [5.41, 5.74) is 27.0. The summed E-state index contributed by atoms with van der Waals surface area (Å²) in [6.07, 6.45) is 0. The molecule has 0 amide bonds. The molecule has 1 unspecified atom stereocenters. The molecule has 1 aliphatic heterocycles. The van der Waals surface area contributed by atoms with Gasteiger partial charge in [-0.05, 0) is 131 Å². The predicted octanol–water partition coefficient (Wildman–Crippen LogP) is 18.1. The number of rotatable bonds is 4. The van der Waals surface area contributed by atoms with E-state index < -0.39 is 10.8 Å². The summed E-state index contributed by atoms with van der Waals surface area (Å²) in [5.74, 6) is 0. The number of para-hydroxylation sites is 4. The highest BCUT2D eigenvalue weighted by atomic mass is 15.1. The number of anilines is 3. The molecule has 0 bridgehead atoms. The fourth-order valence-electron chi connectivity index (χ4n) is 14.8. The van der Waals surface area contributed by atoms with Crippen LogP contribution >= 0.6 is 0 Å². The van der Waals surface area contributed by atoms with Gasteiger partial charge in [0.1, 0.15) is 0 Å². The topological polar surface area (TPSA) is 8.17 Å². The Balaban J connectivity index is 0.900. The summed E-state index contributed by atoms with van der Waals surface area (Å²) in [5, 5.41) is 4.98. The Morgan fingerprint density at radius 2 is 0.784 bits per heavy atom. The lowest BCUT2D eigenvalue weighted by Gasteiger charge is -2.39. The van der Waals surface area contributed by atoms with E-state index in [2.05, 4.69) is 276 Å². The van der Waals surface area contributed by atoms with Gasteiger partial charge in [0.25, 0.3) is 0 Å². The van der Waals surface area contributed by atoms with Gasteiger partial charge in [-0.15, -0.1) is 0 Å². The van der Waals surface area contributed by atoms with Crippen molar-refractivity contribution in [1.82, 2.24) is 4.57 Å². The molecule has 12 aromatic carbocycles. The largest absolute Gasteiger partial charge is 0.309 e. The van der Waals surface area contributed by atoms with Crippen LogP contribution in [0.4, 0.5) is 17.1 Å². The van der Waals surface area contributed by atoms with Crippen LogP contribution in [-0.4, -0.2) is 4.57 Å². The molecule has 17 rings (SSSR count). The molecular weight excluding hydrogens is 893 g/mol. The third kappa shape index (κ3) is 4.82. The molecule has 74 heavy (non-hydrogen) atoms. The van der Waals surface area contributed by atoms with Crippen molar-refractivity contribution in [2.75, 3.05) is 4.90 Å². The average molecular weight is 937 g/mol. The molecule has 2 nitrogen and oxygen atoms in total. The van der Waals surface area contributed by atoms with Crippen LogP contribution in [0.1, 0.15) is 44.5 Å². The van der Waals surface area contributed by atoms with Crippen molar-refractivity contribution in [2.45, 2.75) is 10.8 Å². The van der Waals surface area contributed by atoms with Crippen LogP contribution in [0.5, 0.6) is 0 Å². The number of fused-ring (bicyclic) bond motifs is 23. The molecule has 13 aromatic rings. The van der Waals surface area contributed by atoms with Crippen molar-refractivity contribution in [3.63, 3.8) is 0 Å². The molecular formula is C72H44N2. The van der Waals surface area contributed by atoms with Gasteiger partial charge in [-0.25, -0.2) is 0 Å². The van der Waals surface area contributed by atoms with Crippen LogP contribution in [0.2, 0.25) is 0 Å². The highest BCUT2D eigenvalue weighted by Crippen LogP contribution is 2.66. The Morgan fingerprint density at radius 3 is 1.51 bits per heavy atom. The van der Waals surface area contributed by atoms with Crippen molar-refractivity contribution in [3.05, 3.63) is 311 Å². The Bertz CT molecular complexity index is 4530. The number of benzene rings is 12. The van der Waals surface area contributed by atoms with E-state index in [0.717, 1.165) is 17.1 Å². The lowest BCUT2D eigenvalue weighted by atomic mass is 9.65. The van der Waals surface area contributed by atoms with Crippen LogP contribution in [0.3, 0.4) is 0 Å². The fraction of sp³-hybridized carbons (Fsp3) is 0.0278. The first-order chi connectivity index (χ1) is 36.8. The number of aromatic nitrogens is 1. The van der Waals surface area contributed by atoms with Gasteiger partial charge in [-0.1, -0.05) is 224 Å². The van der Waals surface area contributed by atoms with Gasteiger partial charge in [0, 0.05) is 27.4 Å². The van der Waals surface area contributed by atoms with E-state index in [1.807, 2.05) is 0 Å². The summed E-state index contributed by atoms with van der Waals surface area (Å²) in [4.78, 5) is 2.53. The molecule has 2 heteroatoms. The molecule has 1 aromatic heterocycles. The number of hydrogen-bond acceptors (Lipinski definition) is 1. The monoisotopic (exact) mass is 936 g/mol. The summed E-state index contributed by atoms with van der Waals surface area (Å²) < 4.78 is 2.53. The summed E-state index contributed by atoms with van der Waals surface area (Å²) in [7, 11) is 0. The maximum absolute atomic E-state index is 2.54. The molecule has 0 N–H and O–H groups in total. The Kier molecular flexibility index (Phi) is 7.90. The smallest absolute Gasteiger partial charge is 0.0754 e. The van der Waals surface area contributed by atoms with Crippen molar-refractivity contribution in [3.8, 4) is 50.2 Å². The zero-order chi connectivity index (χ0) is 48.3. The third-order valence-corrected chi connectivity index (χ3v) is 17.4. The van der Waals surface area contributed by atoms with Gasteiger partial charge in [0.2, 0.25) is 0 Å². The molecule has 2 spiro atoms. The Morgan fingerprint density at radius 1 is 0.284 bits per heavy atom. The van der Waals surface area contributed by atoms with Gasteiger partial charge < -0.3 is 9.47 Å². The molecule has 0 radical (unpaired) electrons. The number of nitrogens with zero attached hydrogens (tertiary/aromatic N) is 2. The first-order valence-electron chi connectivity index (χ1n) is 25.9. The van der Waals surface area contributed by atoms with E-state index in [-0.39, 0.29) is 0 Å². The molecule has 3 aliphatic carbocycles.